The molecule has 1 heterocycles. The summed E-state index contributed by atoms with van der Waals surface area (Å²) in [4.78, 5) is 29.7. The van der Waals surface area contributed by atoms with E-state index in [-0.39, 0.29) is 41.8 Å². The zero-order valence-corrected chi connectivity index (χ0v) is 20.3. The van der Waals surface area contributed by atoms with E-state index in [1.807, 2.05) is 11.8 Å². The lowest BCUT2D eigenvalue weighted by molar-refractivity contribution is -0.159. The van der Waals surface area contributed by atoms with Crippen molar-refractivity contribution in [3.8, 4) is 0 Å². The van der Waals surface area contributed by atoms with Crippen molar-refractivity contribution < 1.29 is 22.4 Å². The third-order valence-corrected chi connectivity index (χ3v) is 9.19. The summed E-state index contributed by atoms with van der Waals surface area (Å²) >= 11 is 0. The van der Waals surface area contributed by atoms with Gasteiger partial charge in [0.05, 0.1) is 24.4 Å². The standard InChI is InChI=1S/C23H38FN3O4S/c1-14-13-26(23(29)16-5-4-6-16)22-12-18(8-10-21(22)27(14)15(2)28)17-7-9-20(19(24)11-17)25-32(3,30)31/h14,16-22,25H,4-13H2,1-3H3/t14-,17?,18?,19?,20?,21?,22?/m0/s1. The maximum absolute atomic E-state index is 14.9. The number of carbonyl (C=O) groups excluding carboxylic acids is 2. The fourth-order valence-corrected chi connectivity index (χ4v) is 7.57. The van der Waals surface area contributed by atoms with Gasteiger partial charge in [-0.3, -0.25) is 9.59 Å². The molecule has 0 aromatic carbocycles. The Bertz CT molecular complexity index is 833. The average molecular weight is 472 g/mol. The number of piperazine rings is 1. The zero-order valence-electron chi connectivity index (χ0n) is 19.5. The van der Waals surface area contributed by atoms with Gasteiger partial charge in [-0.05, 0) is 70.1 Å². The number of hydrogen-bond donors (Lipinski definition) is 1. The molecule has 182 valence electrons. The van der Waals surface area contributed by atoms with Crippen LogP contribution in [0.2, 0.25) is 0 Å². The van der Waals surface area contributed by atoms with Crippen molar-refractivity contribution in [1.29, 1.82) is 0 Å². The van der Waals surface area contributed by atoms with Crippen LogP contribution in [0.1, 0.15) is 71.6 Å². The van der Waals surface area contributed by atoms with Crippen molar-refractivity contribution in [2.24, 2.45) is 17.8 Å². The number of sulfonamides is 1. The Morgan fingerprint density at radius 1 is 0.969 bits per heavy atom. The second kappa shape index (κ2) is 9.20. The van der Waals surface area contributed by atoms with Crippen LogP contribution in [-0.4, -0.2) is 73.2 Å². The van der Waals surface area contributed by atoms with Crippen LogP contribution in [0.5, 0.6) is 0 Å². The number of amides is 2. The van der Waals surface area contributed by atoms with Gasteiger partial charge in [0.15, 0.2) is 0 Å². The Morgan fingerprint density at radius 2 is 1.62 bits per heavy atom. The third-order valence-electron chi connectivity index (χ3n) is 8.46. The Labute approximate surface area is 191 Å². The maximum Gasteiger partial charge on any atom is 0.226 e. The molecule has 6 unspecified atom stereocenters. The molecular weight excluding hydrogens is 433 g/mol. The number of nitrogens with zero attached hydrogens (tertiary/aromatic N) is 2. The van der Waals surface area contributed by atoms with Crippen molar-refractivity contribution in [3.63, 3.8) is 0 Å². The van der Waals surface area contributed by atoms with E-state index in [1.54, 1.807) is 6.92 Å². The van der Waals surface area contributed by atoms with E-state index in [4.69, 9.17) is 0 Å². The summed E-state index contributed by atoms with van der Waals surface area (Å²) in [5.74, 6) is 0.922. The monoisotopic (exact) mass is 471 g/mol. The lowest BCUT2D eigenvalue weighted by Gasteiger charge is -2.55. The Hall–Kier alpha value is -1.22. The van der Waals surface area contributed by atoms with E-state index < -0.39 is 22.2 Å². The topological polar surface area (TPSA) is 86.8 Å². The van der Waals surface area contributed by atoms with E-state index in [1.165, 1.54) is 0 Å². The molecule has 7 nitrogen and oxygen atoms in total. The minimum Gasteiger partial charge on any atom is -0.335 e. The summed E-state index contributed by atoms with van der Waals surface area (Å²) in [6, 6.07) is -0.576. The van der Waals surface area contributed by atoms with Gasteiger partial charge in [0.1, 0.15) is 6.17 Å². The van der Waals surface area contributed by atoms with Gasteiger partial charge in [-0.15, -0.1) is 0 Å². The van der Waals surface area contributed by atoms with Crippen molar-refractivity contribution in [1.82, 2.24) is 14.5 Å². The molecule has 0 aromatic heterocycles. The molecule has 7 atom stereocenters. The van der Waals surface area contributed by atoms with Crippen molar-refractivity contribution in [2.45, 2.75) is 102 Å². The number of hydrogen-bond acceptors (Lipinski definition) is 4. The lowest BCUT2D eigenvalue weighted by atomic mass is 9.68. The van der Waals surface area contributed by atoms with E-state index in [0.29, 0.717) is 25.3 Å². The van der Waals surface area contributed by atoms with E-state index in [0.717, 1.165) is 51.2 Å². The summed E-state index contributed by atoms with van der Waals surface area (Å²) in [6.45, 7) is 4.24. The number of rotatable bonds is 4. The van der Waals surface area contributed by atoms with E-state index in [9.17, 15) is 22.4 Å². The second-order valence-electron chi connectivity index (χ2n) is 10.7. The maximum atomic E-state index is 14.9. The molecule has 1 N–H and O–H groups in total. The molecule has 9 heteroatoms. The largest absolute Gasteiger partial charge is 0.335 e. The van der Waals surface area contributed by atoms with Gasteiger partial charge >= 0.3 is 0 Å². The number of alkyl halides is 1. The minimum absolute atomic E-state index is 0.00637. The smallest absolute Gasteiger partial charge is 0.226 e. The summed E-state index contributed by atoms with van der Waals surface area (Å²) in [5.41, 5.74) is 0. The lowest BCUT2D eigenvalue weighted by Crippen LogP contribution is -2.68. The van der Waals surface area contributed by atoms with Crippen LogP contribution in [0, 0.1) is 17.8 Å². The average Bonchev–Trinajstić information content (AvgIpc) is 2.65. The van der Waals surface area contributed by atoms with Crippen LogP contribution in [0.4, 0.5) is 4.39 Å². The first kappa shape index (κ1) is 23.9. The number of nitrogens with one attached hydrogen (secondary N) is 1. The highest BCUT2D eigenvalue weighted by atomic mass is 32.2. The molecule has 4 aliphatic rings. The summed E-state index contributed by atoms with van der Waals surface area (Å²) in [5, 5.41) is 0. The Balaban J connectivity index is 1.47. The summed E-state index contributed by atoms with van der Waals surface area (Å²) in [6.07, 6.45) is 7.14. The molecule has 2 amide bonds. The van der Waals surface area contributed by atoms with Crippen LogP contribution >= 0.6 is 0 Å². The van der Waals surface area contributed by atoms with E-state index in [2.05, 4.69) is 9.62 Å². The van der Waals surface area contributed by atoms with Gasteiger partial charge in [0.2, 0.25) is 21.8 Å². The normalized spacial score (nSPS) is 38.7. The molecule has 0 aromatic rings. The molecule has 32 heavy (non-hydrogen) atoms. The van der Waals surface area contributed by atoms with Gasteiger partial charge < -0.3 is 9.80 Å². The first-order chi connectivity index (χ1) is 15.0. The molecule has 0 bridgehead atoms. The quantitative estimate of drug-likeness (QED) is 0.682. The molecule has 4 fully saturated rings. The molecular formula is C23H38FN3O4S. The number of halogens is 1. The summed E-state index contributed by atoms with van der Waals surface area (Å²) < 4.78 is 40.4. The first-order valence-electron chi connectivity index (χ1n) is 12.3. The van der Waals surface area contributed by atoms with Gasteiger partial charge in [-0.2, -0.15) is 0 Å². The fraction of sp³-hybridized carbons (Fsp3) is 0.913. The first-order valence-corrected chi connectivity index (χ1v) is 14.1. The number of fused-ring (bicyclic) bond motifs is 1. The van der Waals surface area contributed by atoms with Gasteiger partial charge in [0.25, 0.3) is 0 Å². The SMILES string of the molecule is CC(=O)N1C2CCC(C3CCC(NS(C)(=O)=O)C(F)C3)CC2N(C(=O)C2CCC2)C[C@@H]1C. The predicted molar refractivity (Wildman–Crippen MR) is 120 cm³/mol. The zero-order chi connectivity index (χ0) is 23.2. The molecule has 4 rings (SSSR count). The van der Waals surface area contributed by atoms with Crippen molar-refractivity contribution >= 4 is 21.8 Å². The van der Waals surface area contributed by atoms with Crippen molar-refractivity contribution in [2.75, 3.05) is 12.8 Å². The number of carbonyl (C=O) groups is 2. The van der Waals surface area contributed by atoms with E-state index >= 15 is 0 Å². The van der Waals surface area contributed by atoms with Crippen LogP contribution in [0.25, 0.3) is 0 Å². The molecule has 1 aliphatic heterocycles. The Kier molecular flexibility index (Phi) is 6.88. The third kappa shape index (κ3) is 4.83. The van der Waals surface area contributed by atoms with Crippen LogP contribution < -0.4 is 4.72 Å². The highest BCUT2D eigenvalue weighted by molar-refractivity contribution is 7.88. The van der Waals surface area contributed by atoms with Gasteiger partial charge in [-0.25, -0.2) is 17.5 Å². The van der Waals surface area contributed by atoms with Crippen LogP contribution in [-0.2, 0) is 19.6 Å². The molecule has 1 saturated heterocycles. The van der Waals surface area contributed by atoms with Gasteiger partial charge in [-0.1, -0.05) is 6.42 Å². The fourth-order valence-electron chi connectivity index (χ4n) is 6.75. The highest BCUT2D eigenvalue weighted by Crippen LogP contribution is 2.44. The minimum atomic E-state index is -3.43. The van der Waals surface area contributed by atoms with Crippen LogP contribution in [0.15, 0.2) is 0 Å². The molecule has 3 aliphatic carbocycles. The molecule has 3 saturated carbocycles. The molecule has 0 radical (unpaired) electrons. The van der Waals surface area contributed by atoms with Crippen molar-refractivity contribution in [3.05, 3.63) is 0 Å². The summed E-state index contributed by atoms with van der Waals surface area (Å²) in [7, 11) is -3.43. The second-order valence-corrected chi connectivity index (χ2v) is 12.5. The molecule has 0 spiro atoms. The van der Waals surface area contributed by atoms with Gasteiger partial charge in [0, 0.05) is 25.4 Å². The van der Waals surface area contributed by atoms with Crippen LogP contribution in [0.3, 0.4) is 0 Å². The highest BCUT2D eigenvalue weighted by Gasteiger charge is 2.49. The Morgan fingerprint density at radius 3 is 2.19 bits per heavy atom. The predicted octanol–water partition coefficient (Wildman–Crippen LogP) is 2.46.